The molecule has 33 heavy (non-hydrogen) atoms. The minimum atomic E-state index is -0.486. The van der Waals surface area contributed by atoms with Gasteiger partial charge in [0.1, 0.15) is 12.4 Å². The van der Waals surface area contributed by atoms with Gasteiger partial charge in [0, 0.05) is 35.5 Å². The Labute approximate surface area is 192 Å². The summed E-state index contributed by atoms with van der Waals surface area (Å²) in [4.78, 5) is 24.1. The molecule has 2 amide bonds. The van der Waals surface area contributed by atoms with E-state index in [0.717, 1.165) is 22.4 Å². The molecule has 7 nitrogen and oxygen atoms in total. The van der Waals surface area contributed by atoms with Crippen molar-refractivity contribution in [2.24, 2.45) is 7.05 Å². The summed E-state index contributed by atoms with van der Waals surface area (Å²) in [6, 6.07) is 13.1. The molecule has 3 rings (SSSR count). The van der Waals surface area contributed by atoms with Crippen LogP contribution in [0, 0.1) is 5.82 Å². The number of aromatic nitrogens is 2. The minimum Gasteiger partial charge on any atom is -0.445 e. The molecule has 1 aromatic heterocycles. The normalized spacial score (nSPS) is 11.4. The first-order valence-corrected chi connectivity index (χ1v) is 10.4. The second kappa shape index (κ2) is 10.1. The highest BCUT2D eigenvalue weighted by molar-refractivity contribution is 6.02. The molecule has 0 spiro atoms. The Morgan fingerprint density at radius 2 is 1.76 bits per heavy atom. The molecule has 2 N–H and O–H groups in total. The first kappa shape index (κ1) is 23.7. The number of nitrogens with zero attached hydrogens (tertiary/aromatic N) is 2. The number of hydrogen-bond acceptors (Lipinski definition) is 4. The van der Waals surface area contributed by atoms with Crippen LogP contribution in [0.15, 0.2) is 60.8 Å². The lowest BCUT2D eigenvalue weighted by molar-refractivity contribution is -0.111. The molecule has 0 saturated heterocycles. The fraction of sp³-hybridized carbons (Fsp3) is 0.240. The SMILES string of the molecule is Cn1ncc(C=CC(=O)Nc2ccc(COC(=O)NC(C)(C)C)cc2)c1-c1ccc(F)cc1. The van der Waals surface area contributed by atoms with E-state index in [2.05, 4.69) is 15.7 Å². The van der Waals surface area contributed by atoms with E-state index in [1.165, 1.54) is 18.2 Å². The van der Waals surface area contributed by atoms with E-state index in [4.69, 9.17) is 4.74 Å². The largest absolute Gasteiger partial charge is 0.445 e. The second-order valence-electron chi connectivity index (χ2n) is 8.55. The lowest BCUT2D eigenvalue weighted by atomic mass is 10.1. The Kier molecular flexibility index (Phi) is 7.27. The molecule has 0 aliphatic rings. The maximum atomic E-state index is 13.2. The van der Waals surface area contributed by atoms with E-state index in [9.17, 15) is 14.0 Å². The molecular weight excluding hydrogens is 423 g/mol. The summed E-state index contributed by atoms with van der Waals surface area (Å²) in [6.45, 7) is 5.75. The van der Waals surface area contributed by atoms with Crippen molar-refractivity contribution in [2.45, 2.75) is 32.9 Å². The minimum absolute atomic E-state index is 0.128. The zero-order chi connectivity index (χ0) is 24.0. The predicted octanol–water partition coefficient (Wildman–Crippen LogP) is 4.90. The topological polar surface area (TPSA) is 85.2 Å². The molecule has 0 radical (unpaired) electrons. The summed E-state index contributed by atoms with van der Waals surface area (Å²) in [5, 5.41) is 9.75. The second-order valence-corrected chi connectivity index (χ2v) is 8.55. The fourth-order valence-electron chi connectivity index (χ4n) is 3.06. The number of alkyl carbamates (subject to hydrolysis) is 1. The summed E-state index contributed by atoms with van der Waals surface area (Å²) in [6.07, 6.45) is 4.24. The zero-order valence-corrected chi connectivity index (χ0v) is 19.1. The Morgan fingerprint density at radius 1 is 1.09 bits per heavy atom. The van der Waals surface area contributed by atoms with Crippen molar-refractivity contribution in [2.75, 3.05) is 5.32 Å². The number of halogens is 1. The molecule has 0 aliphatic carbocycles. The number of rotatable bonds is 6. The highest BCUT2D eigenvalue weighted by atomic mass is 19.1. The van der Waals surface area contributed by atoms with Crippen molar-refractivity contribution < 1.29 is 18.7 Å². The van der Waals surface area contributed by atoms with Gasteiger partial charge in [0.05, 0.1) is 11.9 Å². The van der Waals surface area contributed by atoms with Gasteiger partial charge in [-0.2, -0.15) is 5.10 Å². The highest BCUT2D eigenvalue weighted by Gasteiger charge is 2.14. The van der Waals surface area contributed by atoms with Gasteiger partial charge in [-0.15, -0.1) is 0 Å². The third kappa shape index (κ3) is 7.03. The standard InChI is InChI=1S/C25H27FN4O3/c1-25(2,3)29-24(32)33-16-17-5-12-21(13-6-17)28-22(31)14-9-19-15-27-30(4)23(19)18-7-10-20(26)11-8-18/h5-15H,16H2,1-4H3,(H,28,31)(H,29,32). The van der Waals surface area contributed by atoms with Crippen LogP contribution in [-0.4, -0.2) is 27.3 Å². The first-order valence-electron chi connectivity index (χ1n) is 10.4. The molecule has 0 bridgehead atoms. The van der Waals surface area contributed by atoms with E-state index in [1.54, 1.807) is 60.4 Å². The van der Waals surface area contributed by atoms with Gasteiger partial charge in [0.15, 0.2) is 0 Å². The number of anilines is 1. The average Bonchev–Trinajstić information content (AvgIpc) is 3.11. The van der Waals surface area contributed by atoms with E-state index in [0.29, 0.717) is 5.69 Å². The molecule has 172 valence electrons. The Morgan fingerprint density at radius 3 is 2.39 bits per heavy atom. The predicted molar refractivity (Wildman–Crippen MR) is 126 cm³/mol. The molecule has 2 aromatic carbocycles. The average molecular weight is 451 g/mol. The third-order valence-corrected chi connectivity index (χ3v) is 4.57. The number of carbonyl (C=O) groups excluding carboxylic acids is 2. The molecule has 3 aromatic rings. The molecule has 0 aliphatic heterocycles. The summed E-state index contributed by atoms with van der Waals surface area (Å²) >= 11 is 0. The van der Waals surface area contributed by atoms with Gasteiger partial charge < -0.3 is 15.4 Å². The smallest absolute Gasteiger partial charge is 0.407 e. The summed E-state index contributed by atoms with van der Waals surface area (Å²) in [5.74, 6) is -0.624. The lowest BCUT2D eigenvalue weighted by Gasteiger charge is -2.19. The van der Waals surface area contributed by atoms with Crippen LogP contribution < -0.4 is 10.6 Å². The molecule has 0 saturated carbocycles. The first-order chi connectivity index (χ1) is 15.6. The van der Waals surface area contributed by atoms with Crippen molar-refractivity contribution >= 4 is 23.8 Å². The van der Waals surface area contributed by atoms with E-state index in [1.807, 2.05) is 20.8 Å². The zero-order valence-electron chi connectivity index (χ0n) is 19.1. The monoisotopic (exact) mass is 450 g/mol. The number of aryl methyl sites for hydroxylation is 1. The van der Waals surface area contributed by atoms with Crippen molar-refractivity contribution in [3.63, 3.8) is 0 Å². The number of amides is 2. The van der Waals surface area contributed by atoms with E-state index in [-0.39, 0.29) is 23.9 Å². The van der Waals surface area contributed by atoms with Gasteiger partial charge in [-0.25, -0.2) is 9.18 Å². The van der Waals surface area contributed by atoms with Gasteiger partial charge in [-0.1, -0.05) is 12.1 Å². The molecule has 0 atom stereocenters. The fourth-order valence-corrected chi connectivity index (χ4v) is 3.06. The Hall–Kier alpha value is -3.94. The van der Waals surface area contributed by atoms with Crippen LogP contribution >= 0.6 is 0 Å². The Bertz CT molecular complexity index is 1140. The van der Waals surface area contributed by atoms with Crippen LogP contribution in [-0.2, 0) is 23.2 Å². The maximum absolute atomic E-state index is 13.2. The number of benzene rings is 2. The van der Waals surface area contributed by atoms with Crippen molar-refractivity contribution in [1.29, 1.82) is 0 Å². The molecule has 0 unspecified atom stereocenters. The molecule has 8 heteroatoms. The maximum Gasteiger partial charge on any atom is 0.407 e. The lowest BCUT2D eigenvalue weighted by Crippen LogP contribution is -2.40. The number of hydrogen-bond donors (Lipinski definition) is 2. The number of nitrogens with one attached hydrogen (secondary N) is 2. The van der Waals surface area contributed by atoms with Crippen LogP contribution in [0.5, 0.6) is 0 Å². The van der Waals surface area contributed by atoms with Gasteiger partial charge in [0.25, 0.3) is 0 Å². The number of ether oxygens (including phenoxy) is 1. The number of carbonyl (C=O) groups is 2. The molecule has 0 fully saturated rings. The van der Waals surface area contributed by atoms with Crippen LogP contribution in [0.25, 0.3) is 17.3 Å². The summed E-state index contributed by atoms with van der Waals surface area (Å²) in [7, 11) is 1.79. The van der Waals surface area contributed by atoms with E-state index < -0.39 is 6.09 Å². The van der Waals surface area contributed by atoms with E-state index >= 15 is 0 Å². The van der Waals surface area contributed by atoms with Crippen molar-refractivity contribution in [1.82, 2.24) is 15.1 Å². The quantitative estimate of drug-likeness (QED) is 0.523. The van der Waals surface area contributed by atoms with Gasteiger partial charge >= 0.3 is 6.09 Å². The van der Waals surface area contributed by atoms with Crippen molar-refractivity contribution in [3.05, 3.63) is 77.7 Å². The van der Waals surface area contributed by atoms with Gasteiger partial charge in [-0.05, 0) is 68.8 Å². The summed E-state index contributed by atoms with van der Waals surface area (Å²) < 4.78 is 20.1. The Balaban J connectivity index is 1.58. The van der Waals surface area contributed by atoms with Crippen LogP contribution in [0.4, 0.5) is 14.9 Å². The van der Waals surface area contributed by atoms with Crippen LogP contribution in [0.1, 0.15) is 31.9 Å². The molecular formula is C25H27FN4O3. The highest BCUT2D eigenvalue weighted by Crippen LogP contribution is 2.24. The summed E-state index contributed by atoms with van der Waals surface area (Å²) in [5.41, 5.74) is 3.35. The van der Waals surface area contributed by atoms with Crippen molar-refractivity contribution in [3.8, 4) is 11.3 Å². The third-order valence-electron chi connectivity index (χ3n) is 4.57. The van der Waals surface area contributed by atoms with Crippen LogP contribution in [0.3, 0.4) is 0 Å². The van der Waals surface area contributed by atoms with Gasteiger partial charge in [-0.3, -0.25) is 9.48 Å². The van der Waals surface area contributed by atoms with Crippen LogP contribution in [0.2, 0.25) is 0 Å². The molecule has 1 heterocycles. The van der Waals surface area contributed by atoms with Gasteiger partial charge in [0.2, 0.25) is 5.91 Å².